The maximum Gasteiger partial charge on any atom is 0.416 e. The Kier molecular flexibility index (Phi) is 6.85. The normalized spacial score (nSPS) is 16.2. The van der Waals surface area contributed by atoms with Gasteiger partial charge in [-0.2, -0.15) is 13.2 Å². The maximum atomic E-state index is 13.2. The smallest absolute Gasteiger partial charge is 0.416 e. The van der Waals surface area contributed by atoms with Crippen molar-refractivity contribution in [2.24, 2.45) is 0 Å². The molecule has 1 aliphatic rings. The highest BCUT2D eigenvalue weighted by Gasteiger charge is 2.41. The van der Waals surface area contributed by atoms with E-state index in [-0.39, 0.29) is 6.42 Å². The molecule has 0 spiro atoms. The largest absolute Gasteiger partial charge is 0.465 e. The number of halogens is 3. The Balaban J connectivity index is 1.89. The zero-order valence-electron chi connectivity index (χ0n) is 18.1. The summed E-state index contributed by atoms with van der Waals surface area (Å²) < 4.78 is 50.9. The molecule has 3 aromatic rings. The number of carboxylic acid groups (broad SMARTS) is 1. The first-order valence-electron chi connectivity index (χ1n) is 10.7. The van der Waals surface area contributed by atoms with Crippen LogP contribution in [0, 0.1) is 0 Å². The van der Waals surface area contributed by atoms with Crippen LogP contribution in [0.3, 0.4) is 0 Å². The molecule has 1 fully saturated rings. The molecule has 1 aromatic heterocycles. The van der Waals surface area contributed by atoms with Crippen molar-refractivity contribution in [2.75, 3.05) is 13.2 Å². The van der Waals surface area contributed by atoms with Gasteiger partial charge in [0, 0.05) is 19.0 Å². The lowest BCUT2D eigenvalue weighted by atomic mass is 9.78. The van der Waals surface area contributed by atoms with E-state index >= 15 is 0 Å². The Hall–Kier alpha value is -3.43. The van der Waals surface area contributed by atoms with Crippen molar-refractivity contribution in [1.82, 2.24) is 10.3 Å². The first kappa shape index (κ1) is 23.7. The Morgan fingerprint density at radius 1 is 0.971 bits per heavy atom. The highest BCUT2D eigenvalue weighted by atomic mass is 19.4. The molecule has 0 saturated carbocycles. The highest BCUT2D eigenvalue weighted by Crippen LogP contribution is 2.37. The maximum absolute atomic E-state index is 13.2. The molecule has 2 heterocycles. The van der Waals surface area contributed by atoms with Crippen molar-refractivity contribution in [2.45, 2.75) is 30.8 Å². The second-order valence-corrected chi connectivity index (χ2v) is 7.96. The van der Waals surface area contributed by atoms with E-state index in [1.165, 1.54) is 18.3 Å². The quantitative estimate of drug-likeness (QED) is 0.518. The fourth-order valence-electron chi connectivity index (χ4n) is 4.22. The van der Waals surface area contributed by atoms with E-state index in [1.807, 2.05) is 30.3 Å². The summed E-state index contributed by atoms with van der Waals surface area (Å²) in [6.45, 7) is 0.892. The summed E-state index contributed by atoms with van der Waals surface area (Å²) >= 11 is 0. The van der Waals surface area contributed by atoms with Gasteiger partial charge < -0.3 is 19.9 Å². The summed E-state index contributed by atoms with van der Waals surface area (Å²) in [5.41, 5.74) is -0.138. The summed E-state index contributed by atoms with van der Waals surface area (Å²) in [7, 11) is 0. The Morgan fingerprint density at radius 3 is 2.24 bits per heavy atom. The summed E-state index contributed by atoms with van der Waals surface area (Å²) in [6.07, 6.45) is -4.41. The second-order valence-electron chi connectivity index (χ2n) is 7.96. The van der Waals surface area contributed by atoms with Crippen molar-refractivity contribution in [3.63, 3.8) is 0 Å². The minimum atomic E-state index is -4.52. The van der Waals surface area contributed by atoms with Crippen LogP contribution in [0.2, 0.25) is 0 Å². The van der Waals surface area contributed by atoms with Gasteiger partial charge in [-0.3, -0.25) is 4.98 Å². The van der Waals surface area contributed by atoms with E-state index in [0.717, 1.165) is 17.7 Å². The molecule has 9 heteroatoms. The van der Waals surface area contributed by atoms with Gasteiger partial charge in [0.05, 0.1) is 24.5 Å². The third-order valence-electron chi connectivity index (χ3n) is 5.71. The minimum Gasteiger partial charge on any atom is -0.465 e. The molecular weight excluding hydrogens is 449 g/mol. The monoisotopic (exact) mass is 472 g/mol. The van der Waals surface area contributed by atoms with Crippen molar-refractivity contribution in [1.29, 1.82) is 0 Å². The van der Waals surface area contributed by atoms with Crippen LogP contribution in [0.25, 0.3) is 0 Å². The molecule has 1 amide bonds. The number of nitrogens with zero attached hydrogens (tertiary/aromatic N) is 1. The van der Waals surface area contributed by atoms with Crippen LogP contribution in [-0.2, 0) is 34.0 Å². The molecule has 1 atom stereocenters. The number of ether oxygens (including phenoxy) is 2. The van der Waals surface area contributed by atoms with E-state index < -0.39 is 29.7 Å². The topological polar surface area (TPSA) is 80.7 Å². The number of benzene rings is 2. The SMILES string of the molecule is O=C(O)N[C@@](Cc1ccccc1)(c1ccc(C(F)(F)F)cc1)c1ncccc1CC1OCCO1. The molecule has 0 unspecified atom stereocenters. The molecule has 1 aliphatic heterocycles. The third kappa shape index (κ3) is 5.21. The van der Waals surface area contributed by atoms with Crippen LogP contribution in [0.1, 0.15) is 27.9 Å². The molecule has 178 valence electrons. The Labute approximate surface area is 194 Å². The van der Waals surface area contributed by atoms with Gasteiger partial charge in [0.2, 0.25) is 0 Å². The summed E-state index contributed by atoms with van der Waals surface area (Å²) in [4.78, 5) is 16.6. The fourth-order valence-corrected chi connectivity index (χ4v) is 4.22. The van der Waals surface area contributed by atoms with Gasteiger partial charge >= 0.3 is 12.3 Å². The van der Waals surface area contributed by atoms with Crippen molar-refractivity contribution in [3.05, 3.63) is 101 Å². The molecule has 34 heavy (non-hydrogen) atoms. The molecule has 0 bridgehead atoms. The zero-order valence-corrected chi connectivity index (χ0v) is 18.1. The van der Waals surface area contributed by atoms with Crippen LogP contribution in [0.15, 0.2) is 72.9 Å². The van der Waals surface area contributed by atoms with Crippen LogP contribution in [0.5, 0.6) is 0 Å². The predicted octanol–water partition coefficient (Wildman–Crippen LogP) is 4.77. The molecule has 6 nitrogen and oxygen atoms in total. The number of rotatable bonds is 7. The number of alkyl halides is 3. The van der Waals surface area contributed by atoms with E-state index in [0.29, 0.717) is 36.5 Å². The van der Waals surface area contributed by atoms with Crippen LogP contribution in [0.4, 0.5) is 18.0 Å². The first-order chi connectivity index (χ1) is 16.3. The molecule has 0 aliphatic carbocycles. The number of carbonyl (C=O) groups is 1. The predicted molar refractivity (Wildman–Crippen MR) is 117 cm³/mol. The van der Waals surface area contributed by atoms with Gasteiger partial charge in [0.1, 0.15) is 5.54 Å². The number of hydrogen-bond donors (Lipinski definition) is 2. The molecule has 4 rings (SSSR count). The highest BCUT2D eigenvalue weighted by molar-refractivity contribution is 5.68. The summed E-state index contributed by atoms with van der Waals surface area (Å²) in [5.74, 6) is 0. The van der Waals surface area contributed by atoms with Crippen LogP contribution >= 0.6 is 0 Å². The third-order valence-corrected chi connectivity index (χ3v) is 5.71. The Morgan fingerprint density at radius 2 is 1.62 bits per heavy atom. The van der Waals surface area contributed by atoms with Crippen molar-refractivity contribution >= 4 is 6.09 Å². The van der Waals surface area contributed by atoms with Gasteiger partial charge in [-0.15, -0.1) is 0 Å². The number of hydrogen-bond acceptors (Lipinski definition) is 4. The molecule has 1 saturated heterocycles. The average Bonchev–Trinajstić information content (AvgIpc) is 3.32. The van der Waals surface area contributed by atoms with Gasteiger partial charge in [-0.25, -0.2) is 4.79 Å². The average molecular weight is 472 g/mol. The fraction of sp³-hybridized carbons (Fsp3) is 0.280. The van der Waals surface area contributed by atoms with E-state index in [4.69, 9.17) is 9.47 Å². The second kappa shape index (κ2) is 9.82. The van der Waals surface area contributed by atoms with E-state index in [1.54, 1.807) is 12.1 Å². The lowest BCUT2D eigenvalue weighted by Gasteiger charge is -2.36. The van der Waals surface area contributed by atoms with E-state index in [2.05, 4.69) is 10.3 Å². The van der Waals surface area contributed by atoms with Crippen molar-refractivity contribution < 1.29 is 32.5 Å². The lowest BCUT2D eigenvalue weighted by Crippen LogP contribution is -2.49. The number of nitrogens with one attached hydrogen (secondary N) is 1. The summed E-state index contributed by atoms with van der Waals surface area (Å²) in [6, 6.07) is 17.1. The van der Waals surface area contributed by atoms with Crippen LogP contribution in [-0.4, -0.2) is 35.7 Å². The van der Waals surface area contributed by atoms with E-state index in [9.17, 15) is 23.1 Å². The lowest BCUT2D eigenvalue weighted by molar-refractivity contribution is -0.137. The number of pyridine rings is 1. The standard InChI is InChI=1S/C25H23F3N2O4/c26-25(27,28)20-10-8-19(9-11-20)24(30-23(31)32,16-17-5-2-1-3-6-17)22-18(7-4-12-29-22)15-21-33-13-14-34-21/h1-12,21,30H,13-16H2,(H,31,32)/t24-/m0/s1. The summed E-state index contributed by atoms with van der Waals surface area (Å²) in [5, 5.41) is 12.4. The number of aromatic nitrogens is 1. The number of amides is 1. The van der Waals surface area contributed by atoms with Crippen LogP contribution < -0.4 is 5.32 Å². The first-order valence-corrected chi connectivity index (χ1v) is 10.7. The van der Waals surface area contributed by atoms with Gasteiger partial charge in [-0.05, 0) is 34.9 Å². The molecule has 2 N–H and O–H groups in total. The van der Waals surface area contributed by atoms with Gasteiger partial charge in [0.25, 0.3) is 0 Å². The minimum absolute atomic E-state index is 0.127. The van der Waals surface area contributed by atoms with Gasteiger partial charge in [0.15, 0.2) is 6.29 Å². The molecular formula is C25H23F3N2O4. The Bertz CT molecular complexity index is 1120. The molecule has 0 radical (unpaired) electrons. The van der Waals surface area contributed by atoms with Crippen molar-refractivity contribution in [3.8, 4) is 0 Å². The zero-order chi connectivity index (χ0) is 24.2. The van der Waals surface area contributed by atoms with Gasteiger partial charge in [-0.1, -0.05) is 48.5 Å². The molecule has 2 aromatic carbocycles.